The predicted molar refractivity (Wildman–Crippen MR) is 70.6 cm³/mol. The van der Waals surface area contributed by atoms with Crippen molar-refractivity contribution < 1.29 is 14.7 Å². The third kappa shape index (κ3) is 2.46. The minimum Gasteiger partial charge on any atom is -0.480 e. The zero-order valence-corrected chi connectivity index (χ0v) is 10.9. The van der Waals surface area contributed by atoms with Gasteiger partial charge < -0.3 is 10.8 Å². The van der Waals surface area contributed by atoms with Gasteiger partial charge in [-0.15, -0.1) is 0 Å². The average molecular weight is 262 g/mol. The molecule has 2 rings (SSSR count). The Balaban J connectivity index is 2.27. The van der Waals surface area contributed by atoms with Crippen LogP contribution < -0.4 is 5.73 Å². The molecule has 1 saturated heterocycles. The molecule has 1 aromatic rings. The summed E-state index contributed by atoms with van der Waals surface area (Å²) in [6, 6.07) is 7.08. The van der Waals surface area contributed by atoms with Crippen molar-refractivity contribution in [1.82, 2.24) is 4.90 Å². The number of aliphatic carboxylic acids is 1. The Morgan fingerprint density at radius 3 is 2.74 bits per heavy atom. The van der Waals surface area contributed by atoms with Crippen molar-refractivity contribution in [3.63, 3.8) is 0 Å². The summed E-state index contributed by atoms with van der Waals surface area (Å²) in [6.45, 7) is 2.88. The summed E-state index contributed by atoms with van der Waals surface area (Å²) in [6.07, 6.45) is 1.47. The second kappa shape index (κ2) is 5.01. The lowest BCUT2D eigenvalue weighted by molar-refractivity contribution is -0.148. The van der Waals surface area contributed by atoms with Crippen LogP contribution in [0.1, 0.15) is 35.7 Å². The predicted octanol–water partition coefficient (Wildman–Crippen LogP) is 1.22. The van der Waals surface area contributed by atoms with Crippen LogP contribution in [0.3, 0.4) is 0 Å². The molecule has 102 valence electrons. The van der Waals surface area contributed by atoms with E-state index in [2.05, 4.69) is 0 Å². The molecule has 0 radical (unpaired) electrons. The number of nitrogens with two attached hydrogens (primary N) is 1. The maximum absolute atomic E-state index is 11.4. The van der Waals surface area contributed by atoms with Gasteiger partial charge in [-0.25, -0.2) is 0 Å². The number of nitrogens with zero attached hydrogens (tertiary/aromatic N) is 1. The first-order valence-corrected chi connectivity index (χ1v) is 6.31. The van der Waals surface area contributed by atoms with Crippen LogP contribution in [-0.4, -0.2) is 34.0 Å². The van der Waals surface area contributed by atoms with E-state index in [1.165, 1.54) is 0 Å². The Hall–Kier alpha value is -1.88. The molecule has 1 atom stereocenters. The highest BCUT2D eigenvalue weighted by Gasteiger charge is 2.43. The minimum absolute atomic E-state index is 0.432. The molecule has 0 aliphatic carbocycles. The first kappa shape index (κ1) is 13.5. The third-order valence-electron chi connectivity index (χ3n) is 3.89. The molecule has 0 bridgehead atoms. The topological polar surface area (TPSA) is 83.6 Å². The van der Waals surface area contributed by atoms with Crippen molar-refractivity contribution in [2.45, 2.75) is 31.8 Å². The van der Waals surface area contributed by atoms with Gasteiger partial charge in [-0.05, 0) is 37.9 Å². The molecular weight excluding hydrogens is 244 g/mol. The second-order valence-corrected chi connectivity index (χ2v) is 5.13. The molecule has 0 spiro atoms. The molecule has 1 amide bonds. The monoisotopic (exact) mass is 262 g/mol. The van der Waals surface area contributed by atoms with Gasteiger partial charge in [0.05, 0.1) is 0 Å². The second-order valence-electron chi connectivity index (χ2n) is 5.13. The van der Waals surface area contributed by atoms with E-state index < -0.39 is 17.4 Å². The van der Waals surface area contributed by atoms with E-state index in [0.29, 0.717) is 18.5 Å². The van der Waals surface area contributed by atoms with Gasteiger partial charge in [-0.3, -0.25) is 14.5 Å². The first-order valence-electron chi connectivity index (χ1n) is 6.31. The van der Waals surface area contributed by atoms with E-state index in [0.717, 1.165) is 18.5 Å². The molecule has 1 aliphatic heterocycles. The van der Waals surface area contributed by atoms with Crippen LogP contribution in [0, 0.1) is 0 Å². The zero-order chi connectivity index (χ0) is 14.0. The number of likely N-dealkylation sites (tertiary alicyclic amines) is 1. The van der Waals surface area contributed by atoms with Gasteiger partial charge >= 0.3 is 5.97 Å². The van der Waals surface area contributed by atoms with Crippen LogP contribution in [-0.2, 0) is 11.3 Å². The molecule has 0 saturated carbocycles. The summed E-state index contributed by atoms with van der Waals surface area (Å²) < 4.78 is 0. The largest absolute Gasteiger partial charge is 0.480 e. The smallest absolute Gasteiger partial charge is 0.323 e. The SMILES string of the molecule is C[C@@]1(C(=O)O)CCCN1Cc1ccccc1C(N)=O. The fraction of sp³-hybridized carbons (Fsp3) is 0.429. The van der Waals surface area contributed by atoms with Crippen LogP contribution in [0.2, 0.25) is 0 Å². The van der Waals surface area contributed by atoms with Gasteiger partial charge in [-0.2, -0.15) is 0 Å². The van der Waals surface area contributed by atoms with Crippen molar-refractivity contribution >= 4 is 11.9 Å². The number of primary amides is 1. The Morgan fingerprint density at radius 2 is 2.11 bits per heavy atom. The van der Waals surface area contributed by atoms with Crippen LogP contribution in [0.5, 0.6) is 0 Å². The molecular formula is C14H18N2O3. The Labute approximate surface area is 112 Å². The summed E-state index contributed by atoms with van der Waals surface area (Å²) in [5.74, 6) is -1.30. The molecule has 5 nitrogen and oxygen atoms in total. The van der Waals surface area contributed by atoms with E-state index in [1.807, 2.05) is 17.0 Å². The van der Waals surface area contributed by atoms with Gasteiger partial charge in [0.25, 0.3) is 0 Å². The lowest BCUT2D eigenvalue weighted by atomic mass is 9.98. The van der Waals surface area contributed by atoms with Crippen molar-refractivity contribution in [1.29, 1.82) is 0 Å². The molecule has 1 fully saturated rings. The molecule has 5 heteroatoms. The van der Waals surface area contributed by atoms with E-state index >= 15 is 0 Å². The van der Waals surface area contributed by atoms with Crippen molar-refractivity contribution in [3.8, 4) is 0 Å². The van der Waals surface area contributed by atoms with E-state index in [-0.39, 0.29) is 0 Å². The number of rotatable bonds is 4. The van der Waals surface area contributed by atoms with Crippen LogP contribution in [0.25, 0.3) is 0 Å². The number of hydrogen-bond donors (Lipinski definition) is 2. The van der Waals surface area contributed by atoms with Gasteiger partial charge in [0, 0.05) is 12.1 Å². The van der Waals surface area contributed by atoms with Crippen molar-refractivity contribution in [2.24, 2.45) is 5.73 Å². The Morgan fingerprint density at radius 1 is 1.42 bits per heavy atom. The zero-order valence-electron chi connectivity index (χ0n) is 10.9. The minimum atomic E-state index is -0.856. The number of hydrogen-bond acceptors (Lipinski definition) is 3. The maximum atomic E-state index is 11.4. The quantitative estimate of drug-likeness (QED) is 0.854. The highest BCUT2D eigenvalue weighted by molar-refractivity contribution is 5.94. The average Bonchev–Trinajstić information content (AvgIpc) is 2.73. The lowest BCUT2D eigenvalue weighted by Crippen LogP contribution is -2.47. The van der Waals surface area contributed by atoms with Crippen LogP contribution in [0.15, 0.2) is 24.3 Å². The summed E-state index contributed by atoms with van der Waals surface area (Å²) in [5, 5.41) is 9.37. The summed E-state index contributed by atoms with van der Waals surface area (Å²) in [4.78, 5) is 24.7. The first-order chi connectivity index (χ1) is 8.95. The fourth-order valence-corrected chi connectivity index (χ4v) is 2.62. The van der Waals surface area contributed by atoms with Crippen molar-refractivity contribution in [2.75, 3.05) is 6.54 Å². The normalized spacial score (nSPS) is 23.4. The molecule has 1 aliphatic rings. The number of carboxylic acid groups (broad SMARTS) is 1. The third-order valence-corrected chi connectivity index (χ3v) is 3.89. The number of carbonyl (C=O) groups is 2. The lowest BCUT2D eigenvalue weighted by Gasteiger charge is -2.31. The molecule has 1 heterocycles. The Bertz CT molecular complexity index is 515. The molecule has 1 aromatic carbocycles. The summed E-state index contributed by atoms with van der Waals surface area (Å²) in [7, 11) is 0. The Kier molecular flexibility index (Phi) is 3.57. The number of benzene rings is 1. The summed E-state index contributed by atoms with van der Waals surface area (Å²) in [5.41, 5.74) is 5.73. The number of amides is 1. The molecule has 3 N–H and O–H groups in total. The van der Waals surface area contributed by atoms with Gasteiger partial charge in [0.15, 0.2) is 0 Å². The molecule has 0 aromatic heterocycles. The highest BCUT2D eigenvalue weighted by atomic mass is 16.4. The summed E-state index contributed by atoms with van der Waals surface area (Å²) >= 11 is 0. The highest BCUT2D eigenvalue weighted by Crippen LogP contribution is 2.31. The standard InChI is InChI=1S/C14H18N2O3/c1-14(13(18)19)7-4-8-16(14)9-10-5-2-3-6-11(10)12(15)17/h2-3,5-6H,4,7-9H2,1H3,(H2,15,17)(H,18,19)/t14-/m0/s1. The van der Waals surface area contributed by atoms with E-state index in [9.17, 15) is 14.7 Å². The van der Waals surface area contributed by atoms with Crippen LogP contribution >= 0.6 is 0 Å². The van der Waals surface area contributed by atoms with E-state index in [4.69, 9.17) is 5.73 Å². The van der Waals surface area contributed by atoms with Crippen molar-refractivity contribution in [3.05, 3.63) is 35.4 Å². The van der Waals surface area contributed by atoms with Gasteiger partial charge in [0.2, 0.25) is 5.91 Å². The number of carbonyl (C=O) groups excluding carboxylic acids is 1. The van der Waals surface area contributed by atoms with Crippen LogP contribution in [0.4, 0.5) is 0 Å². The van der Waals surface area contributed by atoms with Gasteiger partial charge in [-0.1, -0.05) is 18.2 Å². The molecule has 0 unspecified atom stereocenters. The fourth-order valence-electron chi connectivity index (χ4n) is 2.62. The van der Waals surface area contributed by atoms with Gasteiger partial charge in [0.1, 0.15) is 5.54 Å². The number of carboxylic acids is 1. The molecule has 19 heavy (non-hydrogen) atoms. The van der Waals surface area contributed by atoms with E-state index in [1.54, 1.807) is 19.1 Å². The maximum Gasteiger partial charge on any atom is 0.323 e.